The SMILES string of the molecule is Cc1cc(C(=O)N[C@@H]2CCOc3c(Cl)cccc32)nn1C(C)(C)C. The topological polar surface area (TPSA) is 56.1 Å². The Morgan fingerprint density at radius 2 is 2.17 bits per heavy atom. The van der Waals surface area contributed by atoms with Gasteiger partial charge in [-0.15, -0.1) is 0 Å². The summed E-state index contributed by atoms with van der Waals surface area (Å²) in [5, 5.41) is 8.09. The average Bonchev–Trinajstić information content (AvgIpc) is 2.91. The van der Waals surface area contributed by atoms with E-state index >= 15 is 0 Å². The van der Waals surface area contributed by atoms with E-state index in [1.165, 1.54) is 0 Å². The molecule has 1 aromatic heterocycles. The fourth-order valence-corrected chi connectivity index (χ4v) is 3.27. The van der Waals surface area contributed by atoms with Gasteiger partial charge >= 0.3 is 0 Å². The van der Waals surface area contributed by atoms with Crippen LogP contribution in [-0.4, -0.2) is 22.3 Å². The van der Waals surface area contributed by atoms with Gasteiger partial charge in [0.1, 0.15) is 11.4 Å². The lowest BCUT2D eigenvalue weighted by Crippen LogP contribution is -2.33. The highest BCUT2D eigenvalue weighted by Crippen LogP contribution is 2.37. The summed E-state index contributed by atoms with van der Waals surface area (Å²) in [6, 6.07) is 7.29. The maximum Gasteiger partial charge on any atom is 0.272 e. The molecule has 0 unspecified atom stereocenters. The van der Waals surface area contributed by atoms with Gasteiger partial charge in [-0.1, -0.05) is 23.7 Å². The van der Waals surface area contributed by atoms with Gasteiger partial charge in [-0.2, -0.15) is 5.10 Å². The monoisotopic (exact) mass is 347 g/mol. The van der Waals surface area contributed by atoms with Crippen molar-refractivity contribution in [2.45, 2.75) is 45.7 Å². The number of nitrogens with zero attached hydrogens (tertiary/aromatic N) is 2. The summed E-state index contributed by atoms with van der Waals surface area (Å²) in [5.74, 6) is 0.478. The molecule has 1 aromatic carbocycles. The normalized spacial score (nSPS) is 17.1. The Bertz CT molecular complexity index is 777. The number of ether oxygens (including phenoxy) is 1. The molecule has 24 heavy (non-hydrogen) atoms. The van der Waals surface area contributed by atoms with Crippen LogP contribution in [0.5, 0.6) is 5.75 Å². The molecule has 0 spiro atoms. The third kappa shape index (κ3) is 3.13. The van der Waals surface area contributed by atoms with Crippen molar-refractivity contribution in [2.75, 3.05) is 6.61 Å². The summed E-state index contributed by atoms with van der Waals surface area (Å²) in [6.45, 7) is 8.66. The standard InChI is InChI=1S/C18H22ClN3O2/c1-11-10-15(21-22(11)18(2,3)4)17(23)20-14-8-9-24-16-12(14)6-5-7-13(16)19/h5-7,10,14H,8-9H2,1-4H3,(H,20,23)/t14-/m1/s1. The van der Waals surface area contributed by atoms with Gasteiger partial charge in [0.25, 0.3) is 5.91 Å². The van der Waals surface area contributed by atoms with Crippen molar-refractivity contribution in [1.82, 2.24) is 15.1 Å². The molecule has 1 N–H and O–H groups in total. The average molecular weight is 348 g/mol. The van der Waals surface area contributed by atoms with Crippen molar-refractivity contribution in [3.63, 3.8) is 0 Å². The van der Waals surface area contributed by atoms with Crippen molar-refractivity contribution in [3.05, 3.63) is 46.2 Å². The second kappa shape index (κ2) is 6.13. The maximum atomic E-state index is 12.6. The van der Waals surface area contributed by atoms with Gasteiger partial charge in [0.2, 0.25) is 0 Å². The summed E-state index contributed by atoms with van der Waals surface area (Å²) in [7, 11) is 0. The second-order valence-corrected chi connectivity index (χ2v) is 7.48. The number of hydrogen-bond donors (Lipinski definition) is 1. The van der Waals surface area contributed by atoms with Gasteiger partial charge in [0.05, 0.1) is 23.2 Å². The molecule has 0 aliphatic carbocycles. The summed E-state index contributed by atoms with van der Waals surface area (Å²) in [4.78, 5) is 12.6. The van der Waals surface area contributed by atoms with E-state index in [1.807, 2.05) is 29.8 Å². The zero-order valence-electron chi connectivity index (χ0n) is 14.4. The zero-order valence-corrected chi connectivity index (χ0v) is 15.1. The number of aryl methyl sites for hydroxylation is 1. The van der Waals surface area contributed by atoms with E-state index in [2.05, 4.69) is 31.2 Å². The van der Waals surface area contributed by atoms with Crippen LogP contribution in [0.4, 0.5) is 0 Å². The van der Waals surface area contributed by atoms with E-state index in [1.54, 1.807) is 6.07 Å². The third-order valence-corrected chi connectivity index (χ3v) is 4.38. The minimum absolute atomic E-state index is 0.125. The van der Waals surface area contributed by atoms with Crippen LogP contribution in [0.15, 0.2) is 24.3 Å². The first-order valence-corrected chi connectivity index (χ1v) is 8.44. The maximum absolute atomic E-state index is 12.6. The Hall–Kier alpha value is -2.01. The number of carbonyl (C=O) groups is 1. The number of para-hydroxylation sites is 1. The van der Waals surface area contributed by atoms with Gasteiger partial charge in [-0.05, 0) is 39.8 Å². The van der Waals surface area contributed by atoms with Crippen LogP contribution in [0.3, 0.4) is 0 Å². The van der Waals surface area contributed by atoms with E-state index < -0.39 is 0 Å². The van der Waals surface area contributed by atoms with Gasteiger partial charge in [-0.3, -0.25) is 9.48 Å². The van der Waals surface area contributed by atoms with Crippen LogP contribution in [0.25, 0.3) is 0 Å². The highest BCUT2D eigenvalue weighted by Gasteiger charge is 2.27. The fraction of sp³-hybridized carbons (Fsp3) is 0.444. The minimum Gasteiger partial charge on any atom is -0.492 e. The van der Waals surface area contributed by atoms with E-state index in [0.29, 0.717) is 29.5 Å². The fourth-order valence-electron chi connectivity index (χ4n) is 3.03. The molecule has 128 valence electrons. The Balaban J connectivity index is 1.83. The Labute approximate surface area is 147 Å². The lowest BCUT2D eigenvalue weighted by molar-refractivity contribution is 0.0918. The number of benzene rings is 1. The molecule has 0 saturated heterocycles. The molecule has 0 fully saturated rings. The zero-order chi connectivity index (χ0) is 17.5. The van der Waals surface area contributed by atoms with Crippen molar-refractivity contribution in [1.29, 1.82) is 0 Å². The molecule has 0 saturated carbocycles. The number of nitrogens with one attached hydrogen (secondary N) is 1. The van der Waals surface area contributed by atoms with Gasteiger partial charge in [-0.25, -0.2) is 0 Å². The Morgan fingerprint density at radius 1 is 1.42 bits per heavy atom. The highest BCUT2D eigenvalue weighted by atomic mass is 35.5. The van der Waals surface area contributed by atoms with E-state index in [4.69, 9.17) is 16.3 Å². The number of aromatic nitrogens is 2. The number of rotatable bonds is 2. The molecule has 0 bridgehead atoms. The molecular formula is C18H22ClN3O2. The Kier molecular flexibility index (Phi) is 4.30. The molecule has 2 heterocycles. The molecule has 1 aliphatic heterocycles. The molecule has 1 amide bonds. The molecule has 1 atom stereocenters. The first-order chi connectivity index (χ1) is 11.3. The molecule has 2 aromatic rings. The van der Waals surface area contributed by atoms with Crippen LogP contribution < -0.4 is 10.1 Å². The van der Waals surface area contributed by atoms with Crippen LogP contribution >= 0.6 is 11.6 Å². The quantitative estimate of drug-likeness (QED) is 0.897. The van der Waals surface area contributed by atoms with Crippen molar-refractivity contribution >= 4 is 17.5 Å². The molecule has 3 rings (SSSR count). The van der Waals surface area contributed by atoms with E-state index in [-0.39, 0.29) is 17.5 Å². The summed E-state index contributed by atoms with van der Waals surface area (Å²) in [6.07, 6.45) is 0.706. The predicted octanol–water partition coefficient (Wildman–Crippen LogP) is 3.85. The van der Waals surface area contributed by atoms with Gasteiger partial charge < -0.3 is 10.1 Å². The number of halogens is 1. The third-order valence-electron chi connectivity index (χ3n) is 4.09. The summed E-state index contributed by atoms with van der Waals surface area (Å²) >= 11 is 6.18. The lowest BCUT2D eigenvalue weighted by Gasteiger charge is -2.27. The van der Waals surface area contributed by atoms with Crippen molar-refractivity contribution in [2.24, 2.45) is 0 Å². The molecule has 5 nitrogen and oxygen atoms in total. The first-order valence-electron chi connectivity index (χ1n) is 8.06. The van der Waals surface area contributed by atoms with Gasteiger partial charge in [0.15, 0.2) is 0 Å². The number of fused-ring (bicyclic) bond motifs is 1. The van der Waals surface area contributed by atoms with Gasteiger partial charge in [0, 0.05) is 17.7 Å². The predicted molar refractivity (Wildman–Crippen MR) is 93.7 cm³/mol. The van der Waals surface area contributed by atoms with E-state index in [0.717, 1.165) is 11.3 Å². The Morgan fingerprint density at radius 3 is 2.83 bits per heavy atom. The number of carbonyl (C=O) groups excluding carboxylic acids is 1. The lowest BCUT2D eigenvalue weighted by atomic mass is 10.0. The van der Waals surface area contributed by atoms with Crippen LogP contribution in [-0.2, 0) is 5.54 Å². The molecular weight excluding hydrogens is 326 g/mol. The number of amides is 1. The minimum atomic E-state index is -0.182. The number of hydrogen-bond acceptors (Lipinski definition) is 3. The van der Waals surface area contributed by atoms with Crippen LogP contribution in [0, 0.1) is 6.92 Å². The van der Waals surface area contributed by atoms with Crippen LogP contribution in [0.2, 0.25) is 5.02 Å². The molecule has 1 aliphatic rings. The molecule has 0 radical (unpaired) electrons. The largest absolute Gasteiger partial charge is 0.492 e. The highest BCUT2D eigenvalue weighted by molar-refractivity contribution is 6.32. The first kappa shape index (κ1) is 16.8. The van der Waals surface area contributed by atoms with Crippen molar-refractivity contribution < 1.29 is 9.53 Å². The summed E-state index contributed by atoms with van der Waals surface area (Å²) in [5.41, 5.74) is 2.14. The van der Waals surface area contributed by atoms with Crippen molar-refractivity contribution in [3.8, 4) is 5.75 Å². The van der Waals surface area contributed by atoms with Crippen LogP contribution in [0.1, 0.15) is 55.0 Å². The smallest absolute Gasteiger partial charge is 0.272 e. The van der Waals surface area contributed by atoms with E-state index in [9.17, 15) is 4.79 Å². The second-order valence-electron chi connectivity index (χ2n) is 7.07. The summed E-state index contributed by atoms with van der Waals surface area (Å²) < 4.78 is 7.51. The molecule has 6 heteroatoms.